The van der Waals surface area contributed by atoms with Crippen LogP contribution in [0.1, 0.15) is 15.9 Å². The molecule has 40 heavy (non-hydrogen) atoms. The van der Waals surface area contributed by atoms with Crippen LogP contribution in [0.3, 0.4) is 0 Å². The van der Waals surface area contributed by atoms with Crippen molar-refractivity contribution in [1.29, 1.82) is 0 Å². The van der Waals surface area contributed by atoms with Gasteiger partial charge in [-0.3, -0.25) is 14.4 Å². The first-order valence-corrected chi connectivity index (χ1v) is 13.6. The van der Waals surface area contributed by atoms with Crippen LogP contribution in [0.15, 0.2) is 108 Å². The molecule has 0 aromatic heterocycles. The van der Waals surface area contributed by atoms with Gasteiger partial charge in [0.05, 0.1) is 16.5 Å². The summed E-state index contributed by atoms with van der Waals surface area (Å²) >= 11 is 13.3. The lowest BCUT2D eigenvalue weighted by atomic mass is 10.1. The van der Waals surface area contributed by atoms with E-state index in [2.05, 4.69) is 16.0 Å². The minimum Gasteiger partial charge on any atom is -0.324 e. The van der Waals surface area contributed by atoms with Crippen LogP contribution in [0.4, 0.5) is 15.8 Å². The molecule has 0 fully saturated rings. The second kappa shape index (κ2) is 13.8. The lowest BCUT2D eigenvalue weighted by molar-refractivity contribution is -0.114. The number of hydrogen-bond donors (Lipinski definition) is 3. The molecule has 0 heterocycles. The Labute approximate surface area is 244 Å². The summed E-state index contributed by atoms with van der Waals surface area (Å²) in [5.41, 5.74) is 1.16. The van der Waals surface area contributed by atoms with Gasteiger partial charge in [-0.2, -0.15) is 0 Å². The lowest BCUT2D eigenvalue weighted by Gasteiger charge is -2.12. The van der Waals surface area contributed by atoms with Gasteiger partial charge in [0.1, 0.15) is 11.5 Å². The highest BCUT2D eigenvalue weighted by Crippen LogP contribution is 2.27. The minimum absolute atomic E-state index is 0.0752. The Balaban J connectivity index is 1.46. The summed E-state index contributed by atoms with van der Waals surface area (Å²) in [6.07, 6.45) is 1.27. The number of halogens is 3. The number of amides is 3. The molecule has 0 aliphatic heterocycles. The van der Waals surface area contributed by atoms with Crippen LogP contribution in [0.2, 0.25) is 10.0 Å². The molecule has 4 aromatic rings. The Morgan fingerprint density at radius 3 is 2.35 bits per heavy atom. The summed E-state index contributed by atoms with van der Waals surface area (Å²) in [5, 5.41) is 8.84. The van der Waals surface area contributed by atoms with Crippen molar-refractivity contribution < 1.29 is 18.8 Å². The van der Waals surface area contributed by atoms with Crippen molar-refractivity contribution in [1.82, 2.24) is 5.32 Å². The van der Waals surface area contributed by atoms with E-state index in [-0.39, 0.29) is 22.9 Å². The van der Waals surface area contributed by atoms with Gasteiger partial charge in [0.2, 0.25) is 5.91 Å². The maximum atomic E-state index is 14.3. The van der Waals surface area contributed by atoms with Crippen LogP contribution in [-0.2, 0) is 9.59 Å². The third kappa shape index (κ3) is 8.19. The Bertz CT molecular complexity index is 1580. The third-order valence-electron chi connectivity index (χ3n) is 5.40. The summed E-state index contributed by atoms with van der Waals surface area (Å²) in [6, 6.07) is 25.9. The second-order valence-corrected chi connectivity index (χ2v) is 10.2. The third-order valence-corrected chi connectivity index (χ3v) is 6.96. The number of benzene rings is 4. The van der Waals surface area contributed by atoms with E-state index in [1.807, 2.05) is 0 Å². The SMILES string of the molecule is O=C(CSc1cccc(NC(=O)/C(=C/c2ccccc2F)NC(=O)c2ccccc2)c1)Nc1cc(Cl)ccc1Cl. The molecule has 10 heteroatoms. The van der Waals surface area contributed by atoms with E-state index in [4.69, 9.17) is 23.2 Å². The molecule has 0 saturated heterocycles. The average molecular weight is 594 g/mol. The topological polar surface area (TPSA) is 87.3 Å². The molecule has 0 aliphatic rings. The predicted molar refractivity (Wildman–Crippen MR) is 159 cm³/mol. The number of nitrogens with one attached hydrogen (secondary N) is 3. The maximum absolute atomic E-state index is 14.3. The van der Waals surface area contributed by atoms with Gasteiger partial charge < -0.3 is 16.0 Å². The van der Waals surface area contributed by atoms with Crippen molar-refractivity contribution in [2.75, 3.05) is 16.4 Å². The van der Waals surface area contributed by atoms with Crippen LogP contribution in [0, 0.1) is 5.82 Å². The van der Waals surface area contributed by atoms with Gasteiger partial charge in [-0.1, -0.05) is 65.7 Å². The average Bonchev–Trinajstić information content (AvgIpc) is 2.95. The molecule has 202 valence electrons. The van der Waals surface area contributed by atoms with Gasteiger partial charge >= 0.3 is 0 Å². The zero-order valence-corrected chi connectivity index (χ0v) is 23.1. The second-order valence-electron chi connectivity index (χ2n) is 8.34. The molecule has 0 spiro atoms. The summed E-state index contributed by atoms with van der Waals surface area (Å²) in [7, 11) is 0. The first-order valence-electron chi connectivity index (χ1n) is 11.9. The molecule has 4 rings (SSSR count). The van der Waals surface area contributed by atoms with E-state index in [0.717, 1.165) is 0 Å². The van der Waals surface area contributed by atoms with Gasteiger partial charge in [-0.15, -0.1) is 11.8 Å². The monoisotopic (exact) mass is 593 g/mol. The molecule has 6 nitrogen and oxygen atoms in total. The van der Waals surface area contributed by atoms with Gasteiger partial charge in [-0.25, -0.2) is 4.39 Å². The molecule has 0 unspecified atom stereocenters. The fourth-order valence-corrected chi connectivity index (χ4v) is 4.57. The van der Waals surface area contributed by atoms with Gasteiger partial charge in [-0.05, 0) is 60.7 Å². The van der Waals surface area contributed by atoms with E-state index in [1.165, 1.54) is 36.0 Å². The van der Waals surface area contributed by atoms with Crippen LogP contribution < -0.4 is 16.0 Å². The highest BCUT2D eigenvalue weighted by molar-refractivity contribution is 8.00. The normalized spacial score (nSPS) is 11.0. The molecule has 0 bridgehead atoms. The number of rotatable bonds is 9. The van der Waals surface area contributed by atoms with Crippen LogP contribution in [0.5, 0.6) is 0 Å². The van der Waals surface area contributed by atoms with Crippen molar-refractivity contribution in [2.24, 2.45) is 0 Å². The Hall–Kier alpha value is -4.11. The molecule has 0 radical (unpaired) electrons. The standard InChI is InChI=1S/C30H22Cl2FN3O3S/c31-21-13-14-24(32)26(16-21)35-28(37)18-40-23-11-6-10-22(17-23)34-30(39)27(15-20-9-4-5-12-25(20)33)36-29(38)19-7-2-1-3-8-19/h1-17H,18H2,(H,34,39)(H,35,37)(H,36,38)/b27-15-. The van der Waals surface area contributed by atoms with E-state index in [9.17, 15) is 18.8 Å². The first-order chi connectivity index (χ1) is 19.3. The van der Waals surface area contributed by atoms with E-state index in [1.54, 1.807) is 78.9 Å². The smallest absolute Gasteiger partial charge is 0.272 e. The van der Waals surface area contributed by atoms with Gasteiger partial charge in [0.25, 0.3) is 11.8 Å². The van der Waals surface area contributed by atoms with Crippen LogP contribution >= 0.6 is 35.0 Å². The fraction of sp³-hybridized carbons (Fsp3) is 0.0333. The number of thioether (sulfide) groups is 1. The number of hydrogen-bond acceptors (Lipinski definition) is 4. The van der Waals surface area contributed by atoms with E-state index < -0.39 is 17.6 Å². The summed E-state index contributed by atoms with van der Waals surface area (Å²) in [6.45, 7) is 0. The first kappa shape index (κ1) is 28.9. The fourth-order valence-electron chi connectivity index (χ4n) is 3.48. The maximum Gasteiger partial charge on any atom is 0.272 e. The predicted octanol–water partition coefficient (Wildman–Crippen LogP) is 7.27. The number of carbonyl (C=O) groups is 3. The molecular formula is C30H22Cl2FN3O3S. The molecular weight excluding hydrogens is 572 g/mol. The van der Waals surface area contributed by atoms with Gasteiger partial charge in [0, 0.05) is 26.7 Å². The molecule has 3 amide bonds. The molecule has 0 aliphatic carbocycles. The highest BCUT2D eigenvalue weighted by Gasteiger charge is 2.16. The molecule has 0 atom stereocenters. The van der Waals surface area contributed by atoms with Gasteiger partial charge in [0.15, 0.2) is 0 Å². The van der Waals surface area contributed by atoms with Crippen LogP contribution in [-0.4, -0.2) is 23.5 Å². The minimum atomic E-state index is -0.650. The Morgan fingerprint density at radius 1 is 0.825 bits per heavy atom. The molecule has 3 N–H and O–H groups in total. The van der Waals surface area contributed by atoms with Crippen molar-refractivity contribution >= 4 is 70.1 Å². The zero-order valence-electron chi connectivity index (χ0n) is 20.8. The summed E-state index contributed by atoms with van der Waals surface area (Å²) in [5.74, 6) is -1.93. The lowest BCUT2D eigenvalue weighted by Crippen LogP contribution is -2.30. The zero-order chi connectivity index (χ0) is 28.5. The summed E-state index contributed by atoms with van der Waals surface area (Å²) < 4.78 is 14.3. The highest BCUT2D eigenvalue weighted by atomic mass is 35.5. The molecule has 0 saturated carbocycles. The Morgan fingerprint density at radius 2 is 1.57 bits per heavy atom. The largest absolute Gasteiger partial charge is 0.324 e. The Kier molecular flexibility index (Phi) is 9.96. The van der Waals surface area contributed by atoms with Crippen molar-refractivity contribution in [3.05, 3.63) is 130 Å². The van der Waals surface area contributed by atoms with Crippen molar-refractivity contribution in [3.63, 3.8) is 0 Å². The van der Waals surface area contributed by atoms with E-state index >= 15 is 0 Å². The van der Waals surface area contributed by atoms with Crippen molar-refractivity contribution in [3.8, 4) is 0 Å². The van der Waals surface area contributed by atoms with E-state index in [0.29, 0.717) is 31.9 Å². The number of carbonyl (C=O) groups excluding carboxylic acids is 3. The quantitative estimate of drug-likeness (QED) is 0.141. The van der Waals surface area contributed by atoms with Crippen molar-refractivity contribution in [2.45, 2.75) is 4.90 Å². The molecule has 4 aromatic carbocycles. The number of anilines is 2. The summed E-state index contributed by atoms with van der Waals surface area (Å²) in [4.78, 5) is 39.1. The van der Waals surface area contributed by atoms with Crippen LogP contribution in [0.25, 0.3) is 6.08 Å².